The molecule has 0 radical (unpaired) electrons. The Morgan fingerprint density at radius 3 is 2.50 bits per heavy atom. The molecule has 1 aromatic carbocycles. The zero-order valence-corrected chi connectivity index (χ0v) is 22.1. The summed E-state index contributed by atoms with van der Waals surface area (Å²) in [6, 6.07) is 8.09. The van der Waals surface area contributed by atoms with E-state index in [0.29, 0.717) is 20.2 Å². The molecule has 2 heterocycles. The number of carbonyl (C=O) groups is 2. The molecule has 3 rings (SSSR count). The summed E-state index contributed by atoms with van der Waals surface area (Å²) in [5.74, 6) is -0.856. The second-order valence-corrected chi connectivity index (χ2v) is 10.1. The van der Waals surface area contributed by atoms with Crippen LogP contribution in [0.5, 0.6) is 0 Å². The van der Waals surface area contributed by atoms with Crippen LogP contribution in [0.4, 0.5) is 5.69 Å². The quantitative estimate of drug-likeness (QED) is 0.371. The van der Waals surface area contributed by atoms with Gasteiger partial charge >= 0.3 is 0 Å². The Bertz CT molecular complexity index is 1330. The van der Waals surface area contributed by atoms with Crippen LogP contribution in [0.25, 0.3) is 5.82 Å². The maximum absolute atomic E-state index is 13.3. The standard InChI is InChI=1S/C22H18BrCl3N6O2/c1-11-6-12(24)7-14(20(33)30-22(2,3)4-5-27)18(11)29-21(34)16-9-17(23)31-32(16)19-15(26)8-13(25)10-28-19/h6-10H,4H2,1-3H3,(H,29,34)(H,30,33). The van der Waals surface area contributed by atoms with Gasteiger partial charge in [0.25, 0.3) is 11.8 Å². The van der Waals surface area contributed by atoms with Gasteiger partial charge in [0.1, 0.15) is 10.3 Å². The summed E-state index contributed by atoms with van der Waals surface area (Å²) in [5, 5.41) is 19.7. The smallest absolute Gasteiger partial charge is 0.274 e. The second kappa shape index (κ2) is 10.3. The van der Waals surface area contributed by atoms with Crippen molar-refractivity contribution < 1.29 is 9.59 Å². The zero-order valence-electron chi connectivity index (χ0n) is 18.2. The SMILES string of the molecule is Cc1cc(Cl)cc(C(=O)NC(C)(C)CC#N)c1NC(=O)c1cc(Br)nn1-c1ncc(Cl)cc1Cl. The number of rotatable bonds is 6. The minimum atomic E-state index is -0.788. The second-order valence-electron chi connectivity index (χ2n) is 8.00. The Kier molecular flexibility index (Phi) is 7.88. The number of nitrogens with one attached hydrogen (secondary N) is 2. The predicted molar refractivity (Wildman–Crippen MR) is 135 cm³/mol. The van der Waals surface area contributed by atoms with E-state index in [1.165, 1.54) is 29.1 Å². The summed E-state index contributed by atoms with van der Waals surface area (Å²) in [6.07, 6.45) is 1.48. The number of hydrogen-bond donors (Lipinski definition) is 2. The number of nitriles is 1. The molecule has 0 spiro atoms. The molecule has 0 bridgehead atoms. The topological polar surface area (TPSA) is 113 Å². The molecule has 0 aliphatic heterocycles. The third-order valence-corrected chi connectivity index (χ3v) is 5.75. The Morgan fingerprint density at radius 1 is 1.15 bits per heavy atom. The number of anilines is 1. The van der Waals surface area contributed by atoms with Gasteiger partial charge in [-0.15, -0.1) is 0 Å². The van der Waals surface area contributed by atoms with Crippen LogP contribution in [0.1, 0.15) is 46.7 Å². The number of hydrogen-bond acceptors (Lipinski definition) is 5. The van der Waals surface area contributed by atoms with Crippen LogP contribution >= 0.6 is 50.7 Å². The third kappa shape index (κ3) is 5.88. The Balaban J connectivity index is 2.01. The number of pyridine rings is 1. The molecule has 34 heavy (non-hydrogen) atoms. The van der Waals surface area contributed by atoms with Crippen molar-refractivity contribution in [3.63, 3.8) is 0 Å². The van der Waals surface area contributed by atoms with Gasteiger partial charge in [-0.05, 0) is 60.5 Å². The first-order chi connectivity index (χ1) is 15.9. The van der Waals surface area contributed by atoms with Gasteiger partial charge in [-0.2, -0.15) is 10.4 Å². The van der Waals surface area contributed by atoms with Crippen molar-refractivity contribution in [3.8, 4) is 11.9 Å². The highest BCUT2D eigenvalue weighted by Crippen LogP contribution is 2.29. The first-order valence-corrected chi connectivity index (χ1v) is 11.7. The van der Waals surface area contributed by atoms with Crippen molar-refractivity contribution in [1.82, 2.24) is 20.1 Å². The van der Waals surface area contributed by atoms with Crippen LogP contribution in [0.3, 0.4) is 0 Å². The highest BCUT2D eigenvalue weighted by Gasteiger charge is 2.26. The van der Waals surface area contributed by atoms with Crippen molar-refractivity contribution in [3.05, 3.63) is 67.0 Å². The van der Waals surface area contributed by atoms with Gasteiger partial charge in [0.2, 0.25) is 0 Å². The Labute approximate surface area is 219 Å². The van der Waals surface area contributed by atoms with Crippen LogP contribution in [-0.4, -0.2) is 32.1 Å². The molecular formula is C22H18BrCl3N6O2. The van der Waals surface area contributed by atoms with Gasteiger partial charge in [-0.3, -0.25) is 9.59 Å². The van der Waals surface area contributed by atoms with Crippen LogP contribution in [0, 0.1) is 18.3 Å². The molecule has 2 aromatic heterocycles. The highest BCUT2D eigenvalue weighted by molar-refractivity contribution is 9.10. The summed E-state index contributed by atoms with van der Waals surface area (Å²) in [6.45, 7) is 5.16. The molecule has 0 atom stereocenters. The lowest BCUT2D eigenvalue weighted by Crippen LogP contribution is -2.43. The van der Waals surface area contributed by atoms with Gasteiger partial charge in [0, 0.05) is 22.8 Å². The van der Waals surface area contributed by atoms with Crippen LogP contribution in [0.15, 0.2) is 35.1 Å². The van der Waals surface area contributed by atoms with E-state index in [9.17, 15) is 9.59 Å². The van der Waals surface area contributed by atoms with Gasteiger partial charge < -0.3 is 10.6 Å². The molecule has 176 valence electrons. The van der Waals surface area contributed by atoms with Crippen molar-refractivity contribution >= 4 is 68.2 Å². The minimum absolute atomic E-state index is 0.0992. The third-order valence-electron chi connectivity index (χ3n) is 4.66. The fourth-order valence-corrected chi connectivity index (χ4v) is 4.23. The van der Waals surface area contributed by atoms with Crippen molar-refractivity contribution in [2.45, 2.75) is 32.7 Å². The first kappa shape index (κ1) is 26.0. The number of amides is 2. The van der Waals surface area contributed by atoms with E-state index in [-0.39, 0.29) is 34.2 Å². The van der Waals surface area contributed by atoms with Gasteiger partial charge in [0.15, 0.2) is 5.82 Å². The van der Waals surface area contributed by atoms with Gasteiger partial charge in [0.05, 0.1) is 33.8 Å². The highest BCUT2D eigenvalue weighted by atomic mass is 79.9. The van der Waals surface area contributed by atoms with Crippen LogP contribution in [-0.2, 0) is 0 Å². The van der Waals surface area contributed by atoms with Crippen molar-refractivity contribution in [1.29, 1.82) is 5.26 Å². The summed E-state index contributed by atoms with van der Waals surface area (Å²) >= 11 is 21.6. The van der Waals surface area contributed by atoms with E-state index in [0.717, 1.165) is 0 Å². The number of aromatic nitrogens is 3. The molecule has 3 aromatic rings. The average Bonchev–Trinajstić information content (AvgIpc) is 3.10. The van der Waals surface area contributed by atoms with E-state index in [4.69, 9.17) is 40.1 Å². The Hall–Kier alpha value is -2.64. The maximum atomic E-state index is 13.3. The van der Waals surface area contributed by atoms with E-state index >= 15 is 0 Å². The van der Waals surface area contributed by atoms with E-state index in [1.54, 1.807) is 26.8 Å². The van der Waals surface area contributed by atoms with E-state index in [1.807, 2.05) is 6.07 Å². The summed E-state index contributed by atoms with van der Waals surface area (Å²) in [5.41, 5.74) is 0.297. The lowest BCUT2D eigenvalue weighted by atomic mass is 10.00. The predicted octanol–water partition coefficient (Wildman–Crippen LogP) is 5.97. The molecular weight excluding hydrogens is 567 g/mol. The number of halogens is 4. The maximum Gasteiger partial charge on any atom is 0.274 e. The summed E-state index contributed by atoms with van der Waals surface area (Å²) in [7, 11) is 0. The summed E-state index contributed by atoms with van der Waals surface area (Å²) in [4.78, 5) is 30.5. The normalized spacial score (nSPS) is 11.1. The molecule has 0 saturated heterocycles. The molecule has 0 unspecified atom stereocenters. The van der Waals surface area contributed by atoms with Crippen LogP contribution in [0.2, 0.25) is 15.1 Å². The molecule has 0 aliphatic carbocycles. The molecule has 2 amide bonds. The minimum Gasteiger partial charge on any atom is -0.346 e. The average molecular weight is 585 g/mol. The van der Waals surface area contributed by atoms with Gasteiger partial charge in [-0.25, -0.2) is 9.67 Å². The largest absolute Gasteiger partial charge is 0.346 e. The van der Waals surface area contributed by atoms with Crippen LogP contribution < -0.4 is 10.6 Å². The molecule has 0 saturated carbocycles. The van der Waals surface area contributed by atoms with Crippen molar-refractivity contribution in [2.24, 2.45) is 0 Å². The lowest BCUT2D eigenvalue weighted by molar-refractivity contribution is 0.0915. The van der Waals surface area contributed by atoms with Gasteiger partial charge in [-0.1, -0.05) is 34.8 Å². The zero-order chi connectivity index (χ0) is 25.2. The fourth-order valence-electron chi connectivity index (χ4n) is 3.12. The van der Waals surface area contributed by atoms with E-state index < -0.39 is 17.4 Å². The molecule has 12 heteroatoms. The summed E-state index contributed by atoms with van der Waals surface area (Å²) < 4.78 is 1.63. The lowest BCUT2D eigenvalue weighted by Gasteiger charge is -2.24. The van der Waals surface area contributed by atoms with Crippen molar-refractivity contribution in [2.75, 3.05) is 5.32 Å². The molecule has 8 nitrogen and oxygen atoms in total. The number of aryl methyl sites for hydroxylation is 1. The fraction of sp³-hybridized carbons (Fsp3) is 0.227. The number of benzene rings is 1. The molecule has 0 aliphatic rings. The number of carbonyl (C=O) groups excluding carboxylic acids is 2. The van der Waals surface area contributed by atoms with E-state index in [2.05, 4.69) is 36.6 Å². The number of nitrogens with zero attached hydrogens (tertiary/aromatic N) is 4. The molecule has 0 fully saturated rings. The Morgan fingerprint density at radius 2 is 1.85 bits per heavy atom. The first-order valence-electron chi connectivity index (χ1n) is 9.80. The molecule has 2 N–H and O–H groups in total. The monoisotopic (exact) mass is 582 g/mol.